The molecule has 0 aliphatic heterocycles. The molecule has 0 spiro atoms. The molecule has 1 N–H and O–H groups in total. The van der Waals surface area contributed by atoms with Crippen molar-refractivity contribution in [2.45, 2.75) is 38.8 Å². The van der Waals surface area contributed by atoms with Gasteiger partial charge < -0.3 is 10.1 Å². The normalized spacial score (nSPS) is 14.9. The van der Waals surface area contributed by atoms with Gasteiger partial charge in [-0.2, -0.15) is 18.3 Å². The molecular weight excluding hydrogens is 375 g/mol. The van der Waals surface area contributed by atoms with Gasteiger partial charge in [0.2, 0.25) is 5.91 Å². The summed E-state index contributed by atoms with van der Waals surface area (Å²) in [6.45, 7) is 1.46. The van der Waals surface area contributed by atoms with Crippen molar-refractivity contribution < 1.29 is 27.5 Å². The highest BCUT2D eigenvalue weighted by Crippen LogP contribution is 2.34. The number of hydrogen-bond donors (Lipinski definition) is 1. The molecule has 1 amide bonds. The third-order valence-electron chi connectivity index (χ3n) is 4.64. The number of carbonyl (C=O) groups excluding carboxylic acids is 2. The molecule has 1 fully saturated rings. The first-order valence-electron chi connectivity index (χ1n) is 9.05. The average molecular weight is 395 g/mol. The number of hydrogen-bond acceptors (Lipinski definition) is 4. The molecule has 0 saturated heterocycles. The van der Waals surface area contributed by atoms with Crippen molar-refractivity contribution in [2.75, 3.05) is 11.9 Å². The number of nitrogens with one attached hydrogen (secondary N) is 1. The Balaban J connectivity index is 1.85. The highest BCUT2D eigenvalue weighted by atomic mass is 19.4. The summed E-state index contributed by atoms with van der Waals surface area (Å²) in [5, 5.41) is 6.50. The largest absolute Gasteiger partial charge is 0.462 e. The molecule has 1 aromatic heterocycles. The summed E-state index contributed by atoms with van der Waals surface area (Å²) >= 11 is 0. The predicted molar refractivity (Wildman–Crippen MR) is 95.1 cm³/mol. The van der Waals surface area contributed by atoms with E-state index < -0.39 is 23.4 Å². The van der Waals surface area contributed by atoms with Crippen LogP contribution >= 0.6 is 0 Å². The van der Waals surface area contributed by atoms with Crippen molar-refractivity contribution in [3.63, 3.8) is 0 Å². The maximum atomic E-state index is 13.5. The van der Waals surface area contributed by atoms with Crippen molar-refractivity contribution >= 4 is 17.6 Å². The minimum absolute atomic E-state index is 0.0187. The van der Waals surface area contributed by atoms with E-state index in [-0.39, 0.29) is 24.1 Å². The fourth-order valence-corrected chi connectivity index (χ4v) is 3.29. The van der Waals surface area contributed by atoms with Crippen molar-refractivity contribution in [3.05, 3.63) is 41.7 Å². The number of ether oxygens (including phenoxy) is 1. The lowest BCUT2D eigenvalue weighted by atomic mass is 10.1. The Morgan fingerprint density at radius 3 is 2.43 bits per heavy atom. The Bertz CT molecular complexity index is 854. The van der Waals surface area contributed by atoms with Crippen molar-refractivity contribution in [1.29, 1.82) is 0 Å². The van der Waals surface area contributed by atoms with Gasteiger partial charge in [-0.3, -0.25) is 4.79 Å². The topological polar surface area (TPSA) is 73.2 Å². The highest BCUT2D eigenvalue weighted by Gasteiger charge is 2.41. The molecule has 3 rings (SSSR count). The maximum absolute atomic E-state index is 13.5. The Kier molecular flexibility index (Phi) is 5.71. The molecule has 1 aliphatic rings. The van der Waals surface area contributed by atoms with Gasteiger partial charge >= 0.3 is 12.1 Å². The van der Waals surface area contributed by atoms with Gasteiger partial charge in [0, 0.05) is 11.6 Å². The van der Waals surface area contributed by atoms with E-state index in [0.717, 1.165) is 31.9 Å². The zero-order valence-electron chi connectivity index (χ0n) is 15.3. The molecule has 0 radical (unpaired) electrons. The number of rotatable bonds is 5. The lowest BCUT2D eigenvalue weighted by molar-refractivity contribution is -0.143. The van der Waals surface area contributed by atoms with Crippen LogP contribution in [0.4, 0.5) is 18.9 Å². The summed E-state index contributed by atoms with van der Waals surface area (Å²) in [6, 6.07) is 5.82. The number of nitrogens with zero attached hydrogens (tertiary/aromatic N) is 2. The lowest BCUT2D eigenvalue weighted by Gasteiger charge is -2.14. The van der Waals surface area contributed by atoms with Gasteiger partial charge in [0.1, 0.15) is 5.56 Å². The fourth-order valence-electron chi connectivity index (χ4n) is 3.29. The van der Waals surface area contributed by atoms with E-state index in [4.69, 9.17) is 0 Å². The van der Waals surface area contributed by atoms with Crippen molar-refractivity contribution in [1.82, 2.24) is 9.78 Å². The van der Waals surface area contributed by atoms with Gasteiger partial charge in [-0.1, -0.05) is 12.8 Å². The van der Waals surface area contributed by atoms with Crippen LogP contribution in [0.2, 0.25) is 0 Å². The highest BCUT2D eigenvalue weighted by molar-refractivity contribution is 5.93. The minimum Gasteiger partial charge on any atom is -0.462 e. The Labute approximate surface area is 159 Å². The van der Waals surface area contributed by atoms with E-state index in [9.17, 15) is 22.8 Å². The molecular formula is C19H20F3N3O3. The lowest BCUT2D eigenvalue weighted by Crippen LogP contribution is -2.20. The van der Waals surface area contributed by atoms with Gasteiger partial charge in [-0.25, -0.2) is 9.48 Å². The number of benzene rings is 1. The summed E-state index contributed by atoms with van der Waals surface area (Å²) in [4.78, 5) is 24.0. The van der Waals surface area contributed by atoms with E-state index >= 15 is 0 Å². The molecule has 0 unspecified atom stereocenters. The SMILES string of the molecule is CCOC(=O)c1cnn(-c2ccc(NC(=O)C3CCCC3)cc2)c1C(F)(F)F. The quantitative estimate of drug-likeness (QED) is 0.771. The second-order valence-electron chi connectivity index (χ2n) is 6.55. The Hall–Kier alpha value is -2.84. The Morgan fingerprint density at radius 1 is 1.21 bits per heavy atom. The molecule has 6 nitrogen and oxygen atoms in total. The second-order valence-corrected chi connectivity index (χ2v) is 6.55. The maximum Gasteiger partial charge on any atom is 0.434 e. The number of halogens is 3. The first-order chi connectivity index (χ1) is 13.3. The van der Waals surface area contributed by atoms with Crippen molar-refractivity contribution in [2.24, 2.45) is 5.92 Å². The standard InChI is InChI=1S/C19H20F3N3O3/c1-2-28-18(27)15-11-23-25(16(15)19(20,21)22)14-9-7-13(8-10-14)24-17(26)12-5-3-4-6-12/h7-12H,2-6H2,1H3,(H,24,26). The van der Waals surface area contributed by atoms with Crippen molar-refractivity contribution in [3.8, 4) is 5.69 Å². The van der Waals surface area contributed by atoms with Crippen LogP contribution in [-0.2, 0) is 15.7 Å². The van der Waals surface area contributed by atoms with E-state index in [1.165, 1.54) is 31.2 Å². The molecule has 1 saturated carbocycles. The van der Waals surface area contributed by atoms with Crippen LogP contribution < -0.4 is 5.32 Å². The van der Waals surface area contributed by atoms with Gasteiger partial charge in [0.25, 0.3) is 0 Å². The summed E-state index contributed by atoms with van der Waals surface area (Å²) < 4.78 is 45.9. The number of alkyl halides is 3. The van der Waals surface area contributed by atoms with E-state index in [0.29, 0.717) is 10.4 Å². The number of amides is 1. The minimum atomic E-state index is -4.80. The first-order valence-corrected chi connectivity index (χ1v) is 9.05. The molecule has 1 aliphatic carbocycles. The van der Waals surface area contributed by atoms with Crippen LogP contribution in [0, 0.1) is 5.92 Å². The van der Waals surface area contributed by atoms with Gasteiger partial charge in [-0.05, 0) is 44.0 Å². The van der Waals surface area contributed by atoms with Gasteiger partial charge in [0.15, 0.2) is 5.69 Å². The van der Waals surface area contributed by atoms with Crippen LogP contribution in [-0.4, -0.2) is 28.3 Å². The smallest absolute Gasteiger partial charge is 0.434 e. The number of esters is 1. The average Bonchev–Trinajstić information content (AvgIpc) is 3.32. The molecule has 0 atom stereocenters. The zero-order chi connectivity index (χ0) is 20.3. The fraction of sp³-hybridized carbons (Fsp3) is 0.421. The van der Waals surface area contributed by atoms with Gasteiger partial charge in [0.05, 0.1) is 18.5 Å². The molecule has 1 heterocycles. The monoisotopic (exact) mass is 395 g/mol. The third kappa shape index (κ3) is 4.18. The summed E-state index contributed by atoms with van der Waals surface area (Å²) in [5.41, 5.74) is -1.24. The molecule has 9 heteroatoms. The molecule has 1 aromatic carbocycles. The van der Waals surface area contributed by atoms with Crippen LogP contribution in [0.25, 0.3) is 5.69 Å². The second kappa shape index (κ2) is 8.04. The molecule has 0 bridgehead atoms. The van der Waals surface area contributed by atoms with E-state index in [1.807, 2.05) is 0 Å². The van der Waals surface area contributed by atoms with Crippen LogP contribution in [0.5, 0.6) is 0 Å². The van der Waals surface area contributed by atoms with Crippen LogP contribution in [0.3, 0.4) is 0 Å². The summed E-state index contributed by atoms with van der Waals surface area (Å²) in [7, 11) is 0. The summed E-state index contributed by atoms with van der Waals surface area (Å²) in [5.74, 6) is -1.18. The van der Waals surface area contributed by atoms with E-state index in [1.54, 1.807) is 0 Å². The zero-order valence-corrected chi connectivity index (χ0v) is 15.3. The van der Waals surface area contributed by atoms with Crippen LogP contribution in [0.15, 0.2) is 30.5 Å². The van der Waals surface area contributed by atoms with E-state index in [2.05, 4.69) is 15.2 Å². The number of anilines is 1. The number of carbonyl (C=O) groups is 2. The third-order valence-corrected chi connectivity index (χ3v) is 4.64. The molecule has 2 aromatic rings. The first kappa shape index (κ1) is 19.9. The summed E-state index contributed by atoms with van der Waals surface area (Å²) in [6.07, 6.45) is -0.200. The predicted octanol–water partition coefficient (Wildman–Crippen LogP) is 4.20. The van der Waals surface area contributed by atoms with Crippen LogP contribution in [0.1, 0.15) is 48.7 Å². The molecule has 28 heavy (non-hydrogen) atoms. The Morgan fingerprint density at radius 2 is 1.86 bits per heavy atom. The van der Waals surface area contributed by atoms with Gasteiger partial charge in [-0.15, -0.1) is 0 Å². The number of aromatic nitrogens is 2. The molecule has 150 valence electrons.